The number of carbonyl (C=O) groups is 1. The number of rotatable bonds is 3. The van der Waals surface area contributed by atoms with Gasteiger partial charge in [-0.2, -0.15) is 0 Å². The molecule has 90 valence electrons. The van der Waals surface area contributed by atoms with Crippen LogP contribution in [-0.4, -0.2) is 16.6 Å². The van der Waals surface area contributed by atoms with E-state index in [0.29, 0.717) is 18.2 Å². The predicted molar refractivity (Wildman–Crippen MR) is 72.7 cm³/mol. The maximum Gasteiger partial charge on any atom is 0.237 e. The Morgan fingerprint density at radius 1 is 1.29 bits per heavy atom. The minimum absolute atomic E-state index is 0.186. The lowest BCUT2D eigenvalue weighted by molar-refractivity contribution is -0.126. The van der Waals surface area contributed by atoms with Crippen molar-refractivity contribution < 1.29 is 4.79 Å². The predicted octanol–water partition coefficient (Wildman–Crippen LogP) is 3.36. The van der Waals surface area contributed by atoms with Crippen LogP contribution >= 0.6 is 11.8 Å². The lowest BCUT2D eigenvalue weighted by atomic mass is 10.0. The molecule has 0 bridgehead atoms. The molecule has 0 saturated heterocycles. The summed E-state index contributed by atoms with van der Waals surface area (Å²) in [5, 5.41) is 1.98. The van der Waals surface area contributed by atoms with Crippen LogP contribution < -0.4 is 0 Å². The van der Waals surface area contributed by atoms with E-state index in [1.54, 1.807) is 16.7 Å². The van der Waals surface area contributed by atoms with Crippen molar-refractivity contribution in [3.8, 4) is 0 Å². The molecule has 17 heavy (non-hydrogen) atoms. The molecule has 0 atom stereocenters. The van der Waals surface area contributed by atoms with Crippen molar-refractivity contribution in [2.24, 2.45) is 0 Å². The highest BCUT2D eigenvalue weighted by Gasteiger charge is 2.14. The lowest BCUT2D eigenvalue weighted by Gasteiger charge is -2.21. The summed E-state index contributed by atoms with van der Waals surface area (Å²) in [6.45, 7) is 5.04. The molecule has 0 aromatic heterocycles. The molecule has 1 aliphatic heterocycles. The van der Waals surface area contributed by atoms with Gasteiger partial charge in [-0.3, -0.25) is 4.79 Å². The normalized spacial score (nSPS) is 15.7. The fraction of sp³-hybridized carbons (Fsp3) is 0.357. The van der Waals surface area contributed by atoms with Gasteiger partial charge in [0.2, 0.25) is 5.91 Å². The first-order valence-electron chi connectivity index (χ1n) is 5.83. The van der Waals surface area contributed by atoms with Gasteiger partial charge < -0.3 is 4.90 Å². The molecule has 0 fully saturated rings. The third-order valence-corrected chi connectivity index (χ3v) is 3.59. The average Bonchev–Trinajstić information content (AvgIpc) is 2.33. The maximum absolute atomic E-state index is 11.6. The number of hydrogen-bond donors (Lipinski definition) is 0. The van der Waals surface area contributed by atoms with Crippen molar-refractivity contribution in [2.45, 2.75) is 26.3 Å². The third kappa shape index (κ3) is 3.13. The van der Waals surface area contributed by atoms with Gasteiger partial charge >= 0.3 is 0 Å². The maximum atomic E-state index is 11.6. The van der Waals surface area contributed by atoms with Crippen LogP contribution in [0.5, 0.6) is 0 Å². The number of hydrogen-bond acceptors (Lipinski definition) is 2. The summed E-state index contributed by atoms with van der Waals surface area (Å²) in [5.41, 5.74) is 2.52. The molecule has 2 rings (SSSR count). The first-order chi connectivity index (χ1) is 8.16. The van der Waals surface area contributed by atoms with E-state index in [4.69, 9.17) is 0 Å². The van der Waals surface area contributed by atoms with E-state index >= 15 is 0 Å². The first-order valence-corrected chi connectivity index (χ1v) is 6.88. The van der Waals surface area contributed by atoms with Crippen LogP contribution in [-0.2, 0) is 11.3 Å². The van der Waals surface area contributed by atoms with E-state index in [1.807, 2.05) is 11.6 Å². The van der Waals surface area contributed by atoms with E-state index in [9.17, 15) is 4.79 Å². The van der Waals surface area contributed by atoms with Crippen molar-refractivity contribution >= 4 is 17.7 Å². The zero-order valence-corrected chi connectivity index (χ0v) is 11.0. The van der Waals surface area contributed by atoms with Gasteiger partial charge in [0.05, 0.1) is 12.3 Å². The van der Waals surface area contributed by atoms with E-state index in [0.717, 1.165) is 0 Å². The van der Waals surface area contributed by atoms with Gasteiger partial charge in [-0.1, -0.05) is 38.1 Å². The van der Waals surface area contributed by atoms with Crippen molar-refractivity contribution in [1.82, 2.24) is 4.90 Å². The smallest absolute Gasteiger partial charge is 0.237 e. The Bertz CT molecular complexity index is 422. The number of benzene rings is 1. The molecule has 0 radical (unpaired) electrons. The molecule has 1 heterocycles. The van der Waals surface area contributed by atoms with Crippen LogP contribution in [0, 0.1) is 0 Å². The van der Waals surface area contributed by atoms with Crippen LogP contribution in [0.2, 0.25) is 0 Å². The highest BCUT2D eigenvalue weighted by molar-refractivity contribution is 8.02. The molecule has 0 spiro atoms. The van der Waals surface area contributed by atoms with Crippen molar-refractivity contribution in [1.29, 1.82) is 0 Å². The minimum Gasteiger partial charge on any atom is -0.313 e. The number of carbonyl (C=O) groups excluding carboxylic acids is 1. The Morgan fingerprint density at radius 3 is 2.59 bits per heavy atom. The van der Waals surface area contributed by atoms with Crippen LogP contribution in [0.1, 0.15) is 30.9 Å². The Morgan fingerprint density at radius 2 is 2.00 bits per heavy atom. The Labute approximate surface area is 107 Å². The second kappa shape index (κ2) is 5.41. The Kier molecular flexibility index (Phi) is 3.89. The summed E-state index contributed by atoms with van der Waals surface area (Å²) in [6, 6.07) is 8.51. The molecule has 1 amide bonds. The molecule has 0 aliphatic carbocycles. The molecule has 0 N–H and O–H groups in total. The minimum atomic E-state index is 0.186. The molecule has 1 aromatic rings. The molecular weight excluding hydrogens is 230 g/mol. The van der Waals surface area contributed by atoms with E-state index in [1.165, 1.54) is 11.1 Å². The van der Waals surface area contributed by atoms with Gasteiger partial charge in [0.15, 0.2) is 0 Å². The monoisotopic (exact) mass is 247 g/mol. The second-order valence-corrected chi connectivity index (χ2v) is 5.41. The van der Waals surface area contributed by atoms with Crippen molar-refractivity contribution in [3.63, 3.8) is 0 Å². The van der Waals surface area contributed by atoms with Gasteiger partial charge in [-0.15, -0.1) is 11.8 Å². The number of amides is 1. The van der Waals surface area contributed by atoms with Crippen molar-refractivity contribution in [3.05, 3.63) is 47.0 Å². The van der Waals surface area contributed by atoms with Gasteiger partial charge in [-0.25, -0.2) is 0 Å². The lowest BCUT2D eigenvalue weighted by Crippen LogP contribution is -2.28. The van der Waals surface area contributed by atoms with E-state index in [2.05, 4.69) is 38.1 Å². The Balaban J connectivity index is 2.06. The van der Waals surface area contributed by atoms with Gasteiger partial charge in [0.1, 0.15) is 0 Å². The van der Waals surface area contributed by atoms with Crippen LogP contribution in [0.4, 0.5) is 0 Å². The fourth-order valence-electron chi connectivity index (χ4n) is 1.75. The fourth-order valence-corrected chi connectivity index (χ4v) is 2.39. The highest BCUT2D eigenvalue weighted by Crippen LogP contribution is 2.18. The SMILES string of the molecule is CC(C)c1ccc(CN2C=CSCC2=O)cc1. The highest BCUT2D eigenvalue weighted by atomic mass is 32.2. The molecular formula is C14H17NOS. The third-order valence-electron chi connectivity index (χ3n) is 2.86. The molecule has 0 unspecified atom stereocenters. The molecule has 2 nitrogen and oxygen atoms in total. The van der Waals surface area contributed by atoms with Crippen LogP contribution in [0.25, 0.3) is 0 Å². The summed E-state index contributed by atoms with van der Waals surface area (Å²) in [4.78, 5) is 13.4. The zero-order chi connectivity index (χ0) is 12.3. The summed E-state index contributed by atoms with van der Waals surface area (Å²) in [5.74, 6) is 1.29. The summed E-state index contributed by atoms with van der Waals surface area (Å²) >= 11 is 1.55. The average molecular weight is 247 g/mol. The second-order valence-electron chi connectivity index (χ2n) is 4.51. The van der Waals surface area contributed by atoms with Gasteiger partial charge in [0.25, 0.3) is 0 Å². The van der Waals surface area contributed by atoms with Gasteiger partial charge in [0, 0.05) is 6.20 Å². The Hall–Kier alpha value is -1.22. The first kappa shape index (κ1) is 12.2. The molecule has 3 heteroatoms. The van der Waals surface area contributed by atoms with Crippen molar-refractivity contribution in [2.75, 3.05) is 5.75 Å². The molecule has 1 aromatic carbocycles. The summed E-state index contributed by atoms with van der Waals surface area (Å²) in [7, 11) is 0. The standard InChI is InChI=1S/C14H17NOS/c1-11(2)13-5-3-12(4-6-13)9-15-7-8-17-10-14(15)16/h3-8,11H,9-10H2,1-2H3. The molecule has 1 aliphatic rings. The zero-order valence-electron chi connectivity index (χ0n) is 10.2. The summed E-state index contributed by atoms with van der Waals surface area (Å²) in [6.07, 6.45) is 1.87. The number of thioether (sulfide) groups is 1. The quantitative estimate of drug-likeness (QED) is 0.816. The topological polar surface area (TPSA) is 20.3 Å². The largest absolute Gasteiger partial charge is 0.313 e. The molecule has 0 saturated carbocycles. The van der Waals surface area contributed by atoms with Crippen LogP contribution in [0.3, 0.4) is 0 Å². The van der Waals surface area contributed by atoms with Crippen LogP contribution in [0.15, 0.2) is 35.9 Å². The van der Waals surface area contributed by atoms with Gasteiger partial charge in [-0.05, 0) is 22.5 Å². The number of nitrogens with zero attached hydrogens (tertiary/aromatic N) is 1. The van der Waals surface area contributed by atoms with E-state index < -0.39 is 0 Å². The summed E-state index contributed by atoms with van der Waals surface area (Å²) < 4.78 is 0. The van der Waals surface area contributed by atoms with E-state index in [-0.39, 0.29) is 5.91 Å².